The first kappa shape index (κ1) is 18.5. The Hall–Kier alpha value is -2.33. The SMILES string of the molecule is CCCN(C)CC1CCc2cc(NC(=O)Nc3ccccc3)ccc2C1. The zero-order valence-electron chi connectivity index (χ0n) is 15.8. The van der Waals surface area contributed by atoms with E-state index in [0.717, 1.165) is 30.1 Å². The van der Waals surface area contributed by atoms with E-state index in [2.05, 4.69) is 41.6 Å². The Morgan fingerprint density at radius 3 is 2.62 bits per heavy atom. The van der Waals surface area contributed by atoms with Crippen molar-refractivity contribution in [1.29, 1.82) is 0 Å². The third-order valence-corrected chi connectivity index (χ3v) is 5.00. The van der Waals surface area contributed by atoms with Crippen molar-refractivity contribution >= 4 is 17.4 Å². The number of aryl methyl sites for hydroxylation is 1. The molecule has 0 radical (unpaired) electrons. The molecule has 2 aromatic carbocycles. The van der Waals surface area contributed by atoms with E-state index in [1.165, 1.54) is 37.1 Å². The topological polar surface area (TPSA) is 44.4 Å². The van der Waals surface area contributed by atoms with Gasteiger partial charge in [-0.15, -0.1) is 0 Å². The number of urea groups is 1. The summed E-state index contributed by atoms with van der Waals surface area (Å²) in [4.78, 5) is 14.6. The Labute approximate surface area is 156 Å². The molecule has 2 N–H and O–H groups in total. The van der Waals surface area contributed by atoms with Gasteiger partial charge in [0.05, 0.1) is 0 Å². The lowest BCUT2D eigenvalue weighted by Gasteiger charge is -2.28. The number of amides is 2. The Kier molecular flexibility index (Phi) is 6.29. The zero-order valence-corrected chi connectivity index (χ0v) is 15.8. The Bertz CT molecular complexity index is 729. The van der Waals surface area contributed by atoms with E-state index in [4.69, 9.17) is 0 Å². The molecule has 2 aromatic rings. The minimum absolute atomic E-state index is 0.203. The lowest BCUT2D eigenvalue weighted by molar-refractivity contribution is 0.261. The van der Waals surface area contributed by atoms with E-state index in [0.29, 0.717) is 0 Å². The van der Waals surface area contributed by atoms with Gasteiger partial charge >= 0.3 is 6.03 Å². The molecule has 3 rings (SSSR count). The number of fused-ring (bicyclic) bond motifs is 1. The number of nitrogens with one attached hydrogen (secondary N) is 2. The number of para-hydroxylation sites is 1. The normalized spacial score (nSPS) is 16.2. The van der Waals surface area contributed by atoms with Gasteiger partial charge < -0.3 is 15.5 Å². The van der Waals surface area contributed by atoms with Crippen molar-refractivity contribution in [2.24, 2.45) is 5.92 Å². The van der Waals surface area contributed by atoms with Gasteiger partial charge in [-0.3, -0.25) is 0 Å². The van der Waals surface area contributed by atoms with Gasteiger partial charge in [-0.1, -0.05) is 31.2 Å². The average Bonchev–Trinajstić information content (AvgIpc) is 2.63. The van der Waals surface area contributed by atoms with E-state index >= 15 is 0 Å². The van der Waals surface area contributed by atoms with Crippen molar-refractivity contribution in [2.45, 2.75) is 32.6 Å². The predicted molar refractivity (Wildman–Crippen MR) is 109 cm³/mol. The molecular weight excluding hydrogens is 322 g/mol. The second-order valence-corrected chi connectivity index (χ2v) is 7.30. The fraction of sp³-hybridized carbons (Fsp3) is 0.409. The van der Waals surface area contributed by atoms with Gasteiger partial charge in [0.25, 0.3) is 0 Å². The first-order valence-corrected chi connectivity index (χ1v) is 9.57. The molecule has 0 spiro atoms. The molecule has 26 heavy (non-hydrogen) atoms. The fourth-order valence-electron chi connectivity index (χ4n) is 3.79. The van der Waals surface area contributed by atoms with Gasteiger partial charge in [0.2, 0.25) is 0 Å². The van der Waals surface area contributed by atoms with Crippen LogP contribution in [0.5, 0.6) is 0 Å². The molecule has 0 bridgehead atoms. The van der Waals surface area contributed by atoms with Crippen molar-refractivity contribution in [1.82, 2.24) is 4.90 Å². The average molecular weight is 351 g/mol. The van der Waals surface area contributed by atoms with Crippen molar-refractivity contribution in [3.05, 3.63) is 59.7 Å². The van der Waals surface area contributed by atoms with Crippen LogP contribution in [0, 0.1) is 5.92 Å². The number of benzene rings is 2. The molecule has 4 heteroatoms. The highest BCUT2D eigenvalue weighted by Crippen LogP contribution is 2.28. The van der Waals surface area contributed by atoms with Gasteiger partial charge in [-0.25, -0.2) is 4.79 Å². The summed E-state index contributed by atoms with van der Waals surface area (Å²) in [5.74, 6) is 0.735. The maximum Gasteiger partial charge on any atom is 0.323 e. The highest BCUT2D eigenvalue weighted by Gasteiger charge is 2.20. The molecule has 0 aromatic heterocycles. The van der Waals surface area contributed by atoms with Crippen molar-refractivity contribution in [3.63, 3.8) is 0 Å². The standard InChI is InChI=1S/C22H29N3O/c1-3-13-25(2)16-17-9-10-19-15-21(12-11-18(19)14-17)24-22(26)23-20-7-5-4-6-8-20/h4-8,11-12,15,17H,3,9-10,13-14,16H2,1-2H3,(H2,23,24,26). The van der Waals surface area contributed by atoms with Gasteiger partial charge in [0.15, 0.2) is 0 Å². The van der Waals surface area contributed by atoms with Crippen LogP contribution in [0.1, 0.15) is 30.9 Å². The van der Waals surface area contributed by atoms with Crippen LogP contribution in [0.3, 0.4) is 0 Å². The van der Waals surface area contributed by atoms with Crippen LogP contribution in [0.15, 0.2) is 48.5 Å². The third-order valence-electron chi connectivity index (χ3n) is 5.00. The van der Waals surface area contributed by atoms with Crippen LogP contribution in [0.2, 0.25) is 0 Å². The number of nitrogens with zero attached hydrogens (tertiary/aromatic N) is 1. The van der Waals surface area contributed by atoms with E-state index in [-0.39, 0.29) is 6.03 Å². The molecule has 138 valence electrons. The number of carbonyl (C=O) groups excluding carboxylic acids is 1. The van der Waals surface area contributed by atoms with Crippen molar-refractivity contribution in [3.8, 4) is 0 Å². The number of rotatable bonds is 6. The number of hydrogen-bond acceptors (Lipinski definition) is 2. The maximum atomic E-state index is 12.2. The van der Waals surface area contributed by atoms with Crippen molar-refractivity contribution in [2.75, 3.05) is 30.8 Å². The molecular formula is C22H29N3O. The van der Waals surface area contributed by atoms with E-state index in [9.17, 15) is 4.79 Å². The summed E-state index contributed by atoms with van der Waals surface area (Å²) in [5, 5.41) is 5.80. The largest absolute Gasteiger partial charge is 0.323 e. The van der Waals surface area contributed by atoms with Crippen LogP contribution >= 0.6 is 0 Å². The Balaban J connectivity index is 1.57. The maximum absolute atomic E-state index is 12.2. The summed E-state index contributed by atoms with van der Waals surface area (Å²) in [7, 11) is 2.22. The lowest BCUT2D eigenvalue weighted by atomic mass is 9.83. The summed E-state index contributed by atoms with van der Waals surface area (Å²) in [6.45, 7) is 4.57. The second-order valence-electron chi connectivity index (χ2n) is 7.30. The van der Waals surface area contributed by atoms with Crippen molar-refractivity contribution < 1.29 is 4.79 Å². The molecule has 0 fully saturated rings. The van der Waals surface area contributed by atoms with Crippen LogP contribution in [-0.4, -0.2) is 31.1 Å². The van der Waals surface area contributed by atoms with Gasteiger partial charge in [-0.2, -0.15) is 0 Å². The number of anilines is 2. The highest BCUT2D eigenvalue weighted by molar-refractivity contribution is 5.99. The van der Waals surface area contributed by atoms with Crippen LogP contribution < -0.4 is 10.6 Å². The summed E-state index contributed by atoms with van der Waals surface area (Å²) >= 11 is 0. The molecule has 4 nitrogen and oxygen atoms in total. The smallest absolute Gasteiger partial charge is 0.308 e. The molecule has 1 aliphatic rings. The van der Waals surface area contributed by atoms with Gasteiger partial charge in [-0.05, 0) is 80.6 Å². The number of hydrogen-bond donors (Lipinski definition) is 2. The minimum atomic E-state index is -0.203. The lowest BCUT2D eigenvalue weighted by Crippen LogP contribution is -2.30. The molecule has 0 saturated carbocycles. The Morgan fingerprint density at radius 1 is 1.08 bits per heavy atom. The quantitative estimate of drug-likeness (QED) is 0.787. The fourth-order valence-corrected chi connectivity index (χ4v) is 3.79. The Morgan fingerprint density at radius 2 is 1.85 bits per heavy atom. The van der Waals surface area contributed by atoms with Crippen LogP contribution in [0.4, 0.5) is 16.2 Å². The molecule has 0 aliphatic heterocycles. The van der Waals surface area contributed by atoms with Gasteiger partial charge in [0.1, 0.15) is 0 Å². The highest BCUT2D eigenvalue weighted by atomic mass is 16.2. The summed E-state index contributed by atoms with van der Waals surface area (Å²) in [6, 6.07) is 15.6. The second kappa shape index (κ2) is 8.86. The van der Waals surface area contributed by atoms with Crippen LogP contribution in [-0.2, 0) is 12.8 Å². The first-order chi connectivity index (χ1) is 12.6. The molecule has 1 unspecified atom stereocenters. The van der Waals surface area contributed by atoms with E-state index in [1.807, 2.05) is 36.4 Å². The first-order valence-electron chi connectivity index (χ1n) is 9.57. The summed E-state index contributed by atoms with van der Waals surface area (Å²) < 4.78 is 0. The molecule has 1 aliphatic carbocycles. The van der Waals surface area contributed by atoms with E-state index < -0.39 is 0 Å². The van der Waals surface area contributed by atoms with Gasteiger partial charge in [0, 0.05) is 17.9 Å². The minimum Gasteiger partial charge on any atom is -0.308 e. The summed E-state index contributed by atoms with van der Waals surface area (Å²) in [6.07, 6.45) is 4.66. The van der Waals surface area contributed by atoms with Crippen LogP contribution in [0.25, 0.3) is 0 Å². The number of carbonyl (C=O) groups is 1. The zero-order chi connectivity index (χ0) is 18.4. The summed E-state index contributed by atoms with van der Waals surface area (Å²) in [5.41, 5.74) is 4.46. The molecule has 1 atom stereocenters. The third kappa shape index (κ3) is 5.09. The monoisotopic (exact) mass is 351 g/mol. The molecule has 0 saturated heterocycles. The molecule has 2 amide bonds. The predicted octanol–water partition coefficient (Wildman–Crippen LogP) is 4.78. The van der Waals surface area contributed by atoms with E-state index in [1.54, 1.807) is 0 Å². The molecule has 0 heterocycles.